The lowest BCUT2D eigenvalue weighted by Crippen LogP contribution is -2.36. The molecular weight excluding hydrogens is 282 g/mol. The number of hydrogen-bond acceptors (Lipinski definition) is 5. The van der Waals surface area contributed by atoms with Gasteiger partial charge in [-0.1, -0.05) is 22.8 Å². The van der Waals surface area contributed by atoms with E-state index in [-0.39, 0.29) is 18.0 Å². The maximum atomic E-state index is 12.0. The molecule has 1 aliphatic rings. The number of nitrogens with zero attached hydrogens (tertiary/aromatic N) is 3. The summed E-state index contributed by atoms with van der Waals surface area (Å²) in [5, 5.41) is 14.6. The first kappa shape index (κ1) is 13.1. The van der Waals surface area contributed by atoms with Crippen molar-refractivity contribution in [3.63, 3.8) is 0 Å². The lowest BCUT2D eigenvalue weighted by atomic mass is 9.98. The van der Waals surface area contributed by atoms with Gasteiger partial charge in [-0.25, -0.2) is 4.98 Å². The van der Waals surface area contributed by atoms with Crippen molar-refractivity contribution < 1.29 is 14.4 Å². The lowest BCUT2D eigenvalue weighted by Gasteiger charge is -2.16. The van der Waals surface area contributed by atoms with Crippen LogP contribution < -0.4 is 0 Å². The summed E-state index contributed by atoms with van der Waals surface area (Å²) in [6, 6.07) is 6.61. The number of pyridine rings is 1. The summed E-state index contributed by atoms with van der Waals surface area (Å²) < 4.78 is 5.17. The number of hydrogen-bond donors (Lipinski definition) is 1. The molecule has 20 heavy (non-hydrogen) atoms. The number of aromatic nitrogens is 2. The molecule has 1 fully saturated rings. The molecule has 6 nitrogen and oxygen atoms in total. The van der Waals surface area contributed by atoms with Crippen LogP contribution in [0.5, 0.6) is 0 Å². The van der Waals surface area contributed by atoms with E-state index in [9.17, 15) is 9.90 Å². The summed E-state index contributed by atoms with van der Waals surface area (Å²) >= 11 is 5.81. The van der Waals surface area contributed by atoms with Gasteiger partial charge in [-0.2, -0.15) is 0 Å². The Morgan fingerprint density at radius 1 is 1.50 bits per heavy atom. The molecule has 0 bridgehead atoms. The Balaban J connectivity index is 1.97. The largest absolute Gasteiger partial charge is 0.374 e. The third kappa shape index (κ3) is 1.97. The van der Waals surface area contributed by atoms with Gasteiger partial charge in [0.25, 0.3) is 5.91 Å². The molecule has 0 radical (unpaired) electrons. The zero-order valence-corrected chi connectivity index (χ0v) is 11.5. The molecule has 1 atom stereocenters. The maximum absolute atomic E-state index is 12.0. The van der Waals surface area contributed by atoms with E-state index >= 15 is 0 Å². The van der Waals surface area contributed by atoms with Gasteiger partial charge in [-0.3, -0.25) is 4.79 Å². The molecule has 3 rings (SSSR count). The summed E-state index contributed by atoms with van der Waals surface area (Å²) in [4.78, 5) is 17.5. The van der Waals surface area contributed by atoms with Gasteiger partial charge in [0.05, 0.1) is 0 Å². The quantitative estimate of drug-likeness (QED) is 0.848. The van der Waals surface area contributed by atoms with Gasteiger partial charge >= 0.3 is 0 Å². The molecule has 2 aromatic rings. The molecule has 104 valence electrons. The third-order valence-corrected chi connectivity index (χ3v) is 3.62. The van der Waals surface area contributed by atoms with E-state index in [1.54, 1.807) is 25.2 Å². The molecule has 2 aromatic heterocycles. The summed E-state index contributed by atoms with van der Waals surface area (Å²) in [5.74, 6) is -0.0188. The smallest absolute Gasteiger partial charge is 0.260 e. The van der Waals surface area contributed by atoms with Gasteiger partial charge in [0.2, 0.25) is 0 Å². The molecule has 1 N–H and O–H groups in total. The topological polar surface area (TPSA) is 79.5 Å². The fourth-order valence-corrected chi connectivity index (χ4v) is 2.39. The van der Waals surface area contributed by atoms with Crippen LogP contribution in [0.15, 0.2) is 28.8 Å². The second-order valence-corrected chi connectivity index (χ2v) is 5.15. The van der Waals surface area contributed by atoms with Crippen LogP contribution in [0.3, 0.4) is 0 Å². The van der Waals surface area contributed by atoms with Crippen LogP contribution in [0.1, 0.15) is 12.1 Å². The van der Waals surface area contributed by atoms with Crippen LogP contribution in [-0.4, -0.2) is 39.6 Å². The van der Waals surface area contributed by atoms with Crippen LogP contribution in [0, 0.1) is 0 Å². The minimum absolute atomic E-state index is 0.198. The Bertz CT molecular complexity index is 672. The highest BCUT2D eigenvalue weighted by Gasteiger charge is 2.47. The van der Waals surface area contributed by atoms with E-state index in [1.807, 2.05) is 0 Å². The summed E-state index contributed by atoms with van der Waals surface area (Å²) in [7, 11) is 1.64. The first-order chi connectivity index (χ1) is 9.50. The van der Waals surface area contributed by atoms with E-state index in [1.165, 1.54) is 11.0 Å². The monoisotopic (exact) mass is 293 g/mol. The van der Waals surface area contributed by atoms with Crippen LogP contribution in [0.25, 0.3) is 11.5 Å². The van der Waals surface area contributed by atoms with Crippen molar-refractivity contribution in [3.05, 3.63) is 35.1 Å². The Kier molecular flexibility index (Phi) is 2.99. The first-order valence-corrected chi connectivity index (χ1v) is 6.46. The minimum atomic E-state index is -1.62. The molecule has 0 unspecified atom stereocenters. The highest BCUT2D eigenvalue weighted by Crippen LogP contribution is 2.33. The maximum Gasteiger partial charge on any atom is 0.260 e. The van der Waals surface area contributed by atoms with Crippen molar-refractivity contribution in [1.82, 2.24) is 15.0 Å². The van der Waals surface area contributed by atoms with E-state index in [0.717, 1.165) is 0 Å². The van der Waals surface area contributed by atoms with Crippen molar-refractivity contribution in [2.45, 2.75) is 12.0 Å². The van der Waals surface area contributed by atoms with Crippen LogP contribution in [-0.2, 0) is 10.4 Å². The predicted octanol–water partition coefficient (Wildman–Crippen LogP) is 1.44. The molecule has 0 aromatic carbocycles. The molecule has 0 aliphatic carbocycles. The van der Waals surface area contributed by atoms with Gasteiger partial charge in [-0.05, 0) is 12.1 Å². The Morgan fingerprint density at radius 2 is 2.30 bits per heavy atom. The lowest BCUT2D eigenvalue weighted by molar-refractivity contribution is -0.143. The number of carbonyl (C=O) groups excluding carboxylic acids is 1. The van der Waals surface area contributed by atoms with Gasteiger partial charge in [0.1, 0.15) is 16.5 Å². The van der Waals surface area contributed by atoms with Crippen molar-refractivity contribution in [3.8, 4) is 11.5 Å². The number of amides is 1. The van der Waals surface area contributed by atoms with E-state index < -0.39 is 5.60 Å². The van der Waals surface area contributed by atoms with Crippen LogP contribution in [0.4, 0.5) is 0 Å². The van der Waals surface area contributed by atoms with E-state index in [0.29, 0.717) is 23.2 Å². The van der Waals surface area contributed by atoms with Crippen molar-refractivity contribution in [2.75, 3.05) is 13.6 Å². The van der Waals surface area contributed by atoms with Gasteiger partial charge in [0, 0.05) is 26.1 Å². The normalized spacial score (nSPS) is 22.6. The average molecular weight is 294 g/mol. The average Bonchev–Trinajstić information content (AvgIpc) is 3.02. The SMILES string of the molecule is CN1CC[C@@](O)(c2cc(-c3cccc(Cl)n3)on2)C1=O. The standard InChI is InChI=1S/C13H12ClN3O3/c1-17-6-5-13(19,12(17)18)10-7-9(20-16-10)8-3-2-4-11(14)15-8/h2-4,7,19H,5-6H2,1H3/t13-/m1/s1. The zero-order chi connectivity index (χ0) is 14.3. The van der Waals surface area contributed by atoms with Crippen molar-refractivity contribution >= 4 is 17.5 Å². The second-order valence-electron chi connectivity index (χ2n) is 4.76. The molecule has 0 saturated carbocycles. The molecule has 1 saturated heterocycles. The number of carbonyl (C=O) groups is 1. The number of aliphatic hydroxyl groups is 1. The van der Waals surface area contributed by atoms with Crippen molar-refractivity contribution in [2.24, 2.45) is 0 Å². The fraction of sp³-hybridized carbons (Fsp3) is 0.308. The van der Waals surface area contributed by atoms with E-state index in [4.69, 9.17) is 16.1 Å². The molecule has 1 aliphatic heterocycles. The molecule has 1 amide bonds. The summed E-state index contributed by atoms with van der Waals surface area (Å²) in [6.45, 7) is 0.479. The first-order valence-electron chi connectivity index (χ1n) is 6.09. The van der Waals surface area contributed by atoms with Gasteiger partial charge in [-0.15, -0.1) is 0 Å². The zero-order valence-electron chi connectivity index (χ0n) is 10.7. The Hall–Kier alpha value is -1.92. The van der Waals surface area contributed by atoms with Crippen molar-refractivity contribution in [1.29, 1.82) is 0 Å². The third-order valence-electron chi connectivity index (χ3n) is 3.41. The molecule has 7 heteroatoms. The number of likely N-dealkylation sites (N-methyl/N-ethyl adjacent to an activating group) is 1. The predicted molar refractivity (Wildman–Crippen MR) is 70.9 cm³/mol. The van der Waals surface area contributed by atoms with E-state index in [2.05, 4.69) is 10.1 Å². The Labute approximate surface area is 120 Å². The summed E-state index contributed by atoms with van der Waals surface area (Å²) in [5.41, 5.74) is -0.919. The highest BCUT2D eigenvalue weighted by atomic mass is 35.5. The molecule has 0 spiro atoms. The number of halogens is 1. The minimum Gasteiger partial charge on any atom is -0.374 e. The fourth-order valence-electron chi connectivity index (χ4n) is 2.23. The van der Waals surface area contributed by atoms with Crippen LogP contribution in [0.2, 0.25) is 5.15 Å². The number of rotatable bonds is 2. The van der Waals surface area contributed by atoms with Crippen LogP contribution >= 0.6 is 11.6 Å². The second kappa shape index (κ2) is 4.57. The summed E-state index contributed by atoms with van der Waals surface area (Å²) in [6.07, 6.45) is 0.289. The van der Waals surface area contributed by atoms with Gasteiger partial charge < -0.3 is 14.5 Å². The van der Waals surface area contributed by atoms with Gasteiger partial charge in [0.15, 0.2) is 11.4 Å². The number of likely N-dealkylation sites (tertiary alicyclic amines) is 1. The highest BCUT2D eigenvalue weighted by molar-refractivity contribution is 6.29. The molecule has 3 heterocycles. The molecular formula is C13H12ClN3O3. The Morgan fingerprint density at radius 3 is 2.95 bits per heavy atom.